The van der Waals surface area contributed by atoms with Gasteiger partial charge in [0, 0.05) is 23.5 Å². The molecule has 0 spiro atoms. The summed E-state index contributed by atoms with van der Waals surface area (Å²) in [6, 6.07) is 27.6. The van der Waals surface area contributed by atoms with E-state index in [1.807, 2.05) is 6.07 Å². The molecule has 0 heterocycles. The van der Waals surface area contributed by atoms with Crippen LogP contribution in [-0.2, 0) is 16.1 Å². The molecule has 1 aliphatic carbocycles. The third kappa shape index (κ3) is 5.41. The number of fused-ring (bicyclic) bond motifs is 2. The number of esters is 1. The zero-order chi connectivity index (χ0) is 24.7. The summed E-state index contributed by atoms with van der Waals surface area (Å²) >= 11 is 0. The van der Waals surface area contributed by atoms with E-state index in [4.69, 9.17) is 9.47 Å². The van der Waals surface area contributed by atoms with E-state index >= 15 is 0 Å². The zero-order valence-electron chi connectivity index (χ0n) is 21.2. The summed E-state index contributed by atoms with van der Waals surface area (Å²) in [7, 11) is 0. The number of ether oxygens (including phenoxy) is 2. The third-order valence-corrected chi connectivity index (χ3v) is 7.54. The van der Waals surface area contributed by atoms with Crippen molar-refractivity contribution in [2.24, 2.45) is 0 Å². The highest BCUT2D eigenvalue weighted by atomic mass is 16.5. The van der Waals surface area contributed by atoms with Crippen molar-refractivity contribution in [3.05, 3.63) is 90.0 Å². The molecule has 3 heteroatoms. The molecule has 0 radical (unpaired) electrons. The van der Waals surface area contributed by atoms with Crippen LogP contribution in [0.1, 0.15) is 75.3 Å². The van der Waals surface area contributed by atoms with Crippen molar-refractivity contribution in [2.75, 3.05) is 0 Å². The average Bonchev–Trinajstić information content (AvgIpc) is 2.92. The molecule has 0 amide bonds. The van der Waals surface area contributed by atoms with Crippen molar-refractivity contribution in [3.8, 4) is 5.75 Å². The Balaban J connectivity index is 1.40. The van der Waals surface area contributed by atoms with Gasteiger partial charge < -0.3 is 9.47 Å². The Morgan fingerprint density at radius 2 is 1.50 bits per heavy atom. The standard InChI is InChI=1S/C33H36O3/c1-2-3-4-21-33(34)36-32-20-12-10-18-29(32)28-17-9-11-19-31(28)35-23-30-26-15-7-5-13-24(26)22-25-14-6-8-16-27(25)30/h5-9,11,13-17,19,22,29,32H,2-4,10,12,18,20-21,23H2,1H3/t29-,32+/m1/s1. The van der Waals surface area contributed by atoms with Gasteiger partial charge in [-0.05, 0) is 59.4 Å². The Labute approximate surface area is 214 Å². The Kier molecular flexibility index (Phi) is 7.85. The summed E-state index contributed by atoms with van der Waals surface area (Å²) < 4.78 is 12.6. The molecule has 0 bridgehead atoms. The van der Waals surface area contributed by atoms with Crippen molar-refractivity contribution in [2.45, 2.75) is 76.9 Å². The minimum atomic E-state index is -0.0731. The van der Waals surface area contributed by atoms with E-state index in [1.165, 1.54) is 27.1 Å². The molecule has 186 valence electrons. The van der Waals surface area contributed by atoms with Crippen LogP contribution in [0.4, 0.5) is 0 Å². The first-order valence-corrected chi connectivity index (χ1v) is 13.5. The lowest BCUT2D eigenvalue weighted by atomic mass is 9.81. The number of hydrogen-bond acceptors (Lipinski definition) is 3. The molecule has 0 unspecified atom stereocenters. The number of benzene rings is 4. The van der Waals surface area contributed by atoms with Gasteiger partial charge in [-0.2, -0.15) is 0 Å². The van der Waals surface area contributed by atoms with Crippen molar-refractivity contribution in [1.82, 2.24) is 0 Å². The average molecular weight is 481 g/mol. The van der Waals surface area contributed by atoms with E-state index in [2.05, 4.69) is 79.7 Å². The van der Waals surface area contributed by atoms with Gasteiger partial charge in [-0.1, -0.05) is 92.9 Å². The second kappa shape index (κ2) is 11.6. The lowest BCUT2D eigenvalue weighted by Gasteiger charge is -2.32. The van der Waals surface area contributed by atoms with Crippen molar-refractivity contribution in [1.29, 1.82) is 0 Å². The van der Waals surface area contributed by atoms with Gasteiger partial charge in [0.25, 0.3) is 0 Å². The molecule has 36 heavy (non-hydrogen) atoms. The van der Waals surface area contributed by atoms with Crippen LogP contribution in [0.5, 0.6) is 5.75 Å². The lowest BCUT2D eigenvalue weighted by Crippen LogP contribution is -2.29. The SMILES string of the molecule is CCCCCC(=O)O[C@H]1CCCC[C@@H]1c1ccccc1OCc1c2ccccc2cc2ccccc12. The first-order chi connectivity index (χ1) is 17.7. The highest BCUT2D eigenvalue weighted by Crippen LogP contribution is 2.40. The number of carbonyl (C=O) groups excluding carboxylic acids is 1. The first-order valence-electron chi connectivity index (χ1n) is 13.5. The van der Waals surface area contributed by atoms with Crippen LogP contribution in [-0.4, -0.2) is 12.1 Å². The van der Waals surface area contributed by atoms with Crippen LogP contribution in [0.3, 0.4) is 0 Å². The fourth-order valence-corrected chi connectivity index (χ4v) is 5.67. The number of rotatable bonds is 9. The smallest absolute Gasteiger partial charge is 0.306 e. The van der Waals surface area contributed by atoms with E-state index in [-0.39, 0.29) is 18.0 Å². The van der Waals surface area contributed by atoms with Gasteiger partial charge in [0.2, 0.25) is 0 Å². The maximum atomic E-state index is 12.6. The van der Waals surface area contributed by atoms with Crippen LogP contribution in [0, 0.1) is 0 Å². The van der Waals surface area contributed by atoms with Crippen LogP contribution < -0.4 is 4.74 Å². The van der Waals surface area contributed by atoms with Gasteiger partial charge in [-0.25, -0.2) is 0 Å². The van der Waals surface area contributed by atoms with E-state index in [9.17, 15) is 4.79 Å². The highest BCUT2D eigenvalue weighted by molar-refractivity contribution is 6.02. The van der Waals surface area contributed by atoms with Crippen LogP contribution in [0.15, 0.2) is 78.9 Å². The van der Waals surface area contributed by atoms with Crippen LogP contribution in [0.25, 0.3) is 21.5 Å². The number of hydrogen-bond donors (Lipinski definition) is 0. The van der Waals surface area contributed by atoms with E-state index < -0.39 is 0 Å². The summed E-state index contributed by atoms with van der Waals surface area (Å²) in [5.41, 5.74) is 2.37. The minimum Gasteiger partial charge on any atom is -0.489 e. The Morgan fingerprint density at radius 1 is 0.833 bits per heavy atom. The summed E-state index contributed by atoms with van der Waals surface area (Å²) in [6.45, 7) is 2.65. The summed E-state index contributed by atoms with van der Waals surface area (Å²) in [5, 5.41) is 4.91. The zero-order valence-corrected chi connectivity index (χ0v) is 21.2. The largest absolute Gasteiger partial charge is 0.489 e. The Morgan fingerprint density at radius 3 is 2.25 bits per heavy atom. The van der Waals surface area contributed by atoms with Gasteiger partial charge in [-0.3, -0.25) is 4.79 Å². The molecule has 3 nitrogen and oxygen atoms in total. The van der Waals surface area contributed by atoms with E-state index in [1.54, 1.807) is 0 Å². The molecular weight excluding hydrogens is 444 g/mol. The van der Waals surface area contributed by atoms with Crippen LogP contribution in [0.2, 0.25) is 0 Å². The molecule has 0 saturated heterocycles. The van der Waals surface area contributed by atoms with Crippen molar-refractivity contribution in [3.63, 3.8) is 0 Å². The van der Waals surface area contributed by atoms with Gasteiger partial charge in [0.05, 0.1) is 0 Å². The van der Waals surface area contributed by atoms with Crippen LogP contribution >= 0.6 is 0 Å². The van der Waals surface area contributed by atoms with Gasteiger partial charge in [-0.15, -0.1) is 0 Å². The Bertz CT molecular complexity index is 1270. The van der Waals surface area contributed by atoms with Gasteiger partial charge >= 0.3 is 5.97 Å². The fraction of sp³-hybridized carbons (Fsp3) is 0.364. The molecule has 2 atom stereocenters. The third-order valence-electron chi connectivity index (χ3n) is 7.54. The molecule has 1 saturated carbocycles. The fourth-order valence-electron chi connectivity index (χ4n) is 5.67. The van der Waals surface area contributed by atoms with Crippen molar-refractivity contribution < 1.29 is 14.3 Å². The molecule has 4 aromatic carbocycles. The molecule has 5 rings (SSSR count). The van der Waals surface area contributed by atoms with E-state index in [0.29, 0.717) is 13.0 Å². The molecule has 4 aromatic rings. The number of unbranched alkanes of at least 4 members (excludes halogenated alkanes) is 2. The maximum Gasteiger partial charge on any atom is 0.306 e. The van der Waals surface area contributed by atoms with E-state index in [0.717, 1.165) is 56.3 Å². The molecule has 0 N–H and O–H groups in total. The second-order valence-electron chi connectivity index (χ2n) is 10.0. The highest BCUT2D eigenvalue weighted by Gasteiger charge is 2.31. The number of carbonyl (C=O) groups is 1. The summed E-state index contributed by atoms with van der Waals surface area (Å²) in [6.07, 6.45) is 7.73. The lowest BCUT2D eigenvalue weighted by molar-refractivity contribution is -0.151. The molecular formula is C33H36O3. The monoisotopic (exact) mass is 480 g/mol. The molecule has 1 fully saturated rings. The first kappa shape index (κ1) is 24.4. The summed E-state index contributed by atoms with van der Waals surface area (Å²) in [4.78, 5) is 12.6. The normalized spacial score (nSPS) is 17.8. The maximum absolute atomic E-state index is 12.6. The molecule has 1 aliphatic rings. The predicted molar refractivity (Wildman–Crippen MR) is 147 cm³/mol. The quantitative estimate of drug-likeness (QED) is 0.136. The summed E-state index contributed by atoms with van der Waals surface area (Å²) in [5.74, 6) is 1.02. The number of para-hydroxylation sites is 1. The Hall–Kier alpha value is -3.33. The van der Waals surface area contributed by atoms with Gasteiger partial charge in [0.15, 0.2) is 0 Å². The molecule has 0 aliphatic heterocycles. The predicted octanol–water partition coefficient (Wildman–Crippen LogP) is 8.72. The molecule has 0 aromatic heterocycles. The van der Waals surface area contributed by atoms with Crippen molar-refractivity contribution >= 4 is 27.5 Å². The second-order valence-corrected chi connectivity index (χ2v) is 10.0. The topological polar surface area (TPSA) is 35.5 Å². The minimum absolute atomic E-state index is 0.0547. The van der Waals surface area contributed by atoms with Gasteiger partial charge in [0.1, 0.15) is 18.5 Å².